The Bertz CT molecular complexity index is 626. The maximum atomic E-state index is 12.4. The van der Waals surface area contributed by atoms with Crippen molar-refractivity contribution in [2.45, 2.75) is 0 Å². The van der Waals surface area contributed by atoms with Crippen molar-refractivity contribution in [1.82, 2.24) is 4.98 Å². The zero-order chi connectivity index (χ0) is 15.2. The predicted octanol–water partition coefficient (Wildman–Crippen LogP) is 1.42. The van der Waals surface area contributed by atoms with Crippen molar-refractivity contribution >= 4 is 17.6 Å². The first-order valence-electron chi connectivity index (χ1n) is 6.30. The van der Waals surface area contributed by atoms with E-state index in [0.717, 1.165) is 0 Å². The maximum absolute atomic E-state index is 12.4. The van der Waals surface area contributed by atoms with Crippen molar-refractivity contribution in [1.29, 1.82) is 0 Å². The molecule has 1 aromatic heterocycles. The van der Waals surface area contributed by atoms with Crippen LogP contribution < -0.4 is 4.90 Å². The number of nitrogens with zero attached hydrogens (tertiary/aromatic N) is 2. The molecular formula is C15H14N2O4. The molecule has 0 saturated heterocycles. The van der Waals surface area contributed by atoms with E-state index >= 15 is 0 Å². The van der Waals surface area contributed by atoms with Crippen LogP contribution in [0.3, 0.4) is 0 Å². The minimum atomic E-state index is -1.04. The highest BCUT2D eigenvalue weighted by atomic mass is 16.4. The highest BCUT2D eigenvalue weighted by Crippen LogP contribution is 2.17. The quantitative estimate of drug-likeness (QED) is 0.867. The lowest BCUT2D eigenvalue weighted by molar-refractivity contribution is 0.0696. The number of aliphatic hydroxyl groups excluding tert-OH is 1. The third-order valence-electron chi connectivity index (χ3n) is 2.88. The number of pyridine rings is 1. The Balaban J connectivity index is 2.30. The molecule has 2 aromatic rings. The molecule has 0 aliphatic carbocycles. The van der Waals surface area contributed by atoms with Crippen molar-refractivity contribution in [3.63, 3.8) is 0 Å². The van der Waals surface area contributed by atoms with Crippen LogP contribution in [0.4, 0.5) is 5.69 Å². The van der Waals surface area contributed by atoms with Crippen LogP contribution in [-0.4, -0.2) is 40.2 Å². The number of aromatic nitrogens is 1. The largest absolute Gasteiger partial charge is 0.478 e. The second kappa shape index (κ2) is 6.62. The zero-order valence-corrected chi connectivity index (χ0v) is 11.1. The summed E-state index contributed by atoms with van der Waals surface area (Å²) in [5, 5.41) is 18.0. The molecule has 0 fully saturated rings. The summed E-state index contributed by atoms with van der Waals surface area (Å²) in [5.41, 5.74) is 0.894. The van der Waals surface area contributed by atoms with Crippen LogP contribution in [0.2, 0.25) is 0 Å². The number of rotatable bonds is 5. The molecule has 0 aliphatic rings. The van der Waals surface area contributed by atoms with Crippen LogP contribution in [0, 0.1) is 0 Å². The van der Waals surface area contributed by atoms with E-state index in [9.17, 15) is 9.59 Å². The topological polar surface area (TPSA) is 90.7 Å². The molecule has 0 radical (unpaired) electrons. The monoisotopic (exact) mass is 286 g/mol. The molecule has 0 atom stereocenters. The van der Waals surface area contributed by atoms with Crippen molar-refractivity contribution in [2.75, 3.05) is 18.1 Å². The smallest absolute Gasteiger partial charge is 0.335 e. The Morgan fingerprint density at radius 1 is 1.10 bits per heavy atom. The van der Waals surface area contributed by atoms with E-state index in [0.29, 0.717) is 5.69 Å². The number of anilines is 1. The second-order valence-corrected chi connectivity index (χ2v) is 4.25. The number of aromatic carboxylic acids is 1. The molecule has 1 amide bonds. The molecule has 0 aliphatic heterocycles. The molecule has 21 heavy (non-hydrogen) atoms. The summed E-state index contributed by atoms with van der Waals surface area (Å²) in [5.74, 6) is -1.39. The van der Waals surface area contributed by atoms with Crippen molar-refractivity contribution in [3.05, 3.63) is 59.9 Å². The molecule has 1 heterocycles. The zero-order valence-electron chi connectivity index (χ0n) is 11.1. The van der Waals surface area contributed by atoms with Gasteiger partial charge in [0, 0.05) is 18.4 Å². The van der Waals surface area contributed by atoms with Gasteiger partial charge in [-0.15, -0.1) is 0 Å². The van der Waals surface area contributed by atoms with Gasteiger partial charge in [0.15, 0.2) is 0 Å². The number of hydrogen-bond donors (Lipinski definition) is 2. The standard InChI is InChI=1S/C15H14N2O4/c18-10-9-17(14(19)13-3-1-2-8-16-13)12-6-4-11(5-7-12)15(20)21/h1-8,18H,9-10H2,(H,20,21). The number of carbonyl (C=O) groups excluding carboxylic acids is 1. The molecule has 0 unspecified atom stereocenters. The summed E-state index contributed by atoms with van der Waals surface area (Å²) in [6, 6.07) is 10.9. The van der Waals surface area contributed by atoms with Gasteiger partial charge < -0.3 is 15.1 Å². The molecule has 0 spiro atoms. The van der Waals surface area contributed by atoms with Crippen molar-refractivity contribution in [3.8, 4) is 0 Å². The van der Waals surface area contributed by atoms with Gasteiger partial charge in [-0.25, -0.2) is 4.79 Å². The molecule has 0 saturated carbocycles. The van der Waals surface area contributed by atoms with Gasteiger partial charge in [0.1, 0.15) is 5.69 Å². The first kappa shape index (κ1) is 14.7. The predicted molar refractivity (Wildman–Crippen MR) is 76.4 cm³/mol. The fourth-order valence-electron chi connectivity index (χ4n) is 1.86. The Morgan fingerprint density at radius 2 is 1.81 bits per heavy atom. The fraction of sp³-hybridized carbons (Fsp3) is 0.133. The van der Waals surface area contributed by atoms with Gasteiger partial charge in [0.05, 0.1) is 12.2 Å². The third-order valence-corrected chi connectivity index (χ3v) is 2.88. The second-order valence-electron chi connectivity index (χ2n) is 4.25. The third kappa shape index (κ3) is 3.43. The number of aliphatic hydroxyl groups is 1. The van der Waals surface area contributed by atoms with Crippen LogP contribution in [0.5, 0.6) is 0 Å². The summed E-state index contributed by atoms with van der Waals surface area (Å²) in [7, 11) is 0. The number of benzene rings is 1. The lowest BCUT2D eigenvalue weighted by Gasteiger charge is -2.21. The summed E-state index contributed by atoms with van der Waals surface area (Å²) in [6.45, 7) is -0.110. The Hall–Kier alpha value is -2.73. The lowest BCUT2D eigenvalue weighted by atomic mass is 10.2. The molecule has 2 rings (SSSR count). The molecule has 6 nitrogen and oxygen atoms in total. The van der Waals surface area contributed by atoms with Crippen molar-refractivity contribution < 1.29 is 19.8 Å². The first-order chi connectivity index (χ1) is 10.1. The Kier molecular flexibility index (Phi) is 4.63. The Morgan fingerprint density at radius 3 is 2.33 bits per heavy atom. The van der Waals surface area contributed by atoms with Gasteiger partial charge in [-0.2, -0.15) is 0 Å². The molecular weight excluding hydrogens is 272 g/mol. The lowest BCUT2D eigenvalue weighted by Crippen LogP contribution is -2.34. The summed E-state index contributed by atoms with van der Waals surface area (Å²) >= 11 is 0. The van der Waals surface area contributed by atoms with Crippen LogP contribution in [-0.2, 0) is 0 Å². The van der Waals surface area contributed by atoms with E-state index in [4.69, 9.17) is 10.2 Å². The fourth-order valence-corrected chi connectivity index (χ4v) is 1.86. The summed E-state index contributed by atoms with van der Waals surface area (Å²) < 4.78 is 0. The molecule has 108 valence electrons. The van der Waals surface area contributed by atoms with Gasteiger partial charge in [0.2, 0.25) is 0 Å². The minimum absolute atomic E-state index is 0.0990. The van der Waals surface area contributed by atoms with Crippen LogP contribution >= 0.6 is 0 Å². The van der Waals surface area contributed by atoms with Crippen molar-refractivity contribution in [2.24, 2.45) is 0 Å². The van der Waals surface area contributed by atoms with Gasteiger partial charge in [0.25, 0.3) is 5.91 Å². The van der Waals surface area contributed by atoms with Gasteiger partial charge in [-0.3, -0.25) is 9.78 Å². The number of hydrogen-bond acceptors (Lipinski definition) is 4. The molecule has 6 heteroatoms. The van der Waals surface area contributed by atoms with Crippen LogP contribution in [0.15, 0.2) is 48.7 Å². The van der Waals surface area contributed by atoms with E-state index in [2.05, 4.69) is 4.98 Å². The van der Waals surface area contributed by atoms with Gasteiger partial charge >= 0.3 is 5.97 Å². The molecule has 2 N–H and O–H groups in total. The van der Waals surface area contributed by atoms with Crippen LogP contribution in [0.25, 0.3) is 0 Å². The van der Waals surface area contributed by atoms with E-state index in [-0.39, 0.29) is 30.3 Å². The number of amides is 1. The SMILES string of the molecule is O=C(O)c1ccc(N(CCO)C(=O)c2ccccn2)cc1. The average molecular weight is 286 g/mol. The van der Waals surface area contributed by atoms with Crippen LogP contribution in [0.1, 0.15) is 20.8 Å². The molecule has 1 aromatic carbocycles. The number of carbonyl (C=O) groups is 2. The maximum Gasteiger partial charge on any atom is 0.335 e. The number of carboxylic acids is 1. The highest BCUT2D eigenvalue weighted by molar-refractivity contribution is 6.05. The molecule has 0 bridgehead atoms. The number of carboxylic acid groups (broad SMARTS) is 1. The average Bonchev–Trinajstić information content (AvgIpc) is 2.53. The Labute approximate surface area is 121 Å². The van der Waals surface area contributed by atoms with E-state index in [1.165, 1.54) is 35.4 Å². The van der Waals surface area contributed by atoms with E-state index in [1.807, 2.05) is 0 Å². The normalized spacial score (nSPS) is 10.1. The first-order valence-corrected chi connectivity index (χ1v) is 6.30. The summed E-state index contributed by atoms with van der Waals surface area (Å²) in [4.78, 5) is 28.6. The summed E-state index contributed by atoms with van der Waals surface area (Å²) in [6.07, 6.45) is 1.51. The minimum Gasteiger partial charge on any atom is -0.478 e. The van der Waals surface area contributed by atoms with E-state index < -0.39 is 5.97 Å². The van der Waals surface area contributed by atoms with Gasteiger partial charge in [-0.05, 0) is 36.4 Å². The van der Waals surface area contributed by atoms with Gasteiger partial charge in [-0.1, -0.05) is 6.07 Å². The highest BCUT2D eigenvalue weighted by Gasteiger charge is 2.18. The van der Waals surface area contributed by atoms with E-state index in [1.54, 1.807) is 18.2 Å².